The van der Waals surface area contributed by atoms with Gasteiger partial charge in [0.25, 0.3) is 0 Å². The first kappa shape index (κ1) is 10.9. The fraction of sp³-hybridized carbons (Fsp3) is 1.00. The Hall–Kier alpha value is -0.120. The van der Waals surface area contributed by atoms with Crippen molar-refractivity contribution in [1.82, 2.24) is 0 Å². The van der Waals surface area contributed by atoms with Crippen molar-refractivity contribution in [3.05, 3.63) is 0 Å². The predicted octanol–water partition coefficient (Wildman–Crippen LogP) is 0.545. The highest BCUT2D eigenvalue weighted by Gasteiger charge is 2.26. The summed E-state index contributed by atoms with van der Waals surface area (Å²) in [6.07, 6.45) is 0.430. The molecule has 0 aliphatic rings. The quantitative estimate of drug-likeness (QED) is 0.620. The molecule has 0 amide bonds. The second-order valence-corrected chi connectivity index (χ2v) is 2.95. The van der Waals surface area contributed by atoms with Gasteiger partial charge in [-0.15, -0.1) is 0 Å². The Labute approximate surface area is 68.0 Å². The lowest BCUT2D eigenvalue weighted by Gasteiger charge is -2.28. The molecule has 0 rings (SSSR count). The van der Waals surface area contributed by atoms with Crippen LogP contribution in [-0.2, 0) is 4.74 Å². The summed E-state index contributed by atoms with van der Waals surface area (Å²) in [6, 6.07) is 0. The fourth-order valence-electron chi connectivity index (χ4n) is 0.696. The van der Waals surface area contributed by atoms with E-state index in [1.54, 1.807) is 13.8 Å². The van der Waals surface area contributed by atoms with E-state index in [1.807, 2.05) is 6.92 Å². The summed E-state index contributed by atoms with van der Waals surface area (Å²) in [5, 5.41) is 18.1. The Morgan fingerprint density at radius 2 is 2.09 bits per heavy atom. The fourth-order valence-corrected chi connectivity index (χ4v) is 0.696. The minimum absolute atomic E-state index is 0.00410. The van der Waals surface area contributed by atoms with Crippen molar-refractivity contribution in [1.29, 1.82) is 0 Å². The van der Waals surface area contributed by atoms with Crippen molar-refractivity contribution in [2.24, 2.45) is 0 Å². The van der Waals surface area contributed by atoms with Crippen molar-refractivity contribution in [3.8, 4) is 0 Å². The molecule has 0 heterocycles. The monoisotopic (exact) mass is 162 g/mol. The summed E-state index contributed by atoms with van der Waals surface area (Å²) in [5.41, 5.74) is -0.783. The zero-order valence-electron chi connectivity index (χ0n) is 7.50. The molecule has 0 aromatic heterocycles. The van der Waals surface area contributed by atoms with Crippen molar-refractivity contribution in [2.75, 3.05) is 13.2 Å². The molecule has 0 aliphatic heterocycles. The lowest BCUT2D eigenvalue weighted by molar-refractivity contribution is -0.0967. The van der Waals surface area contributed by atoms with Gasteiger partial charge in [-0.3, -0.25) is 0 Å². The molecule has 11 heavy (non-hydrogen) atoms. The number of aliphatic hydroxyl groups is 2. The van der Waals surface area contributed by atoms with Gasteiger partial charge in [0.15, 0.2) is 0 Å². The first-order valence-corrected chi connectivity index (χ1v) is 3.99. The maximum atomic E-state index is 9.61. The number of ether oxygens (including phenoxy) is 1. The second-order valence-electron chi connectivity index (χ2n) is 2.95. The lowest BCUT2D eigenvalue weighted by atomic mass is 9.97. The van der Waals surface area contributed by atoms with E-state index in [-0.39, 0.29) is 19.3 Å². The number of rotatable bonds is 5. The van der Waals surface area contributed by atoms with Crippen molar-refractivity contribution in [3.63, 3.8) is 0 Å². The van der Waals surface area contributed by atoms with Crippen LogP contribution in [0.3, 0.4) is 0 Å². The van der Waals surface area contributed by atoms with Gasteiger partial charge in [-0.1, -0.05) is 6.92 Å². The van der Waals surface area contributed by atoms with E-state index in [1.165, 1.54) is 0 Å². The van der Waals surface area contributed by atoms with Crippen molar-refractivity contribution in [2.45, 2.75) is 38.9 Å². The van der Waals surface area contributed by atoms with E-state index in [4.69, 9.17) is 9.84 Å². The molecule has 0 bridgehead atoms. The van der Waals surface area contributed by atoms with E-state index in [2.05, 4.69) is 0 Å². The molecule has 2 atom stereocenters. The maximum absolute atomic E-state index is 9.61. The van der Waals surface area contributed by atoms with Crippen molar-refractivity contribution < 1.29 is 14.9 Å². The molecule has 2 unspecified atom stereocenters. The maximum Gasteiger partial charge on any atom is 0.0874 e. The summed E-state index contributed by atoms with van der Waals surface area (Å²) in [4.78, 5) is 0. The third kappa shape index (κ3) is 3.70. The van der Waals surface area contributed by atoms with Crippen LogP contribution in [0.25, 0.3) is 0 Å². The predicted molar refractivity (Wildman–Crippen MR) is 43.4 cm³/mol. The van der Waals surface area contributed by atoms with Crippen LogP contribution in [0.5, 0.6) is 0 Å². The minimum Gasteiger partial charge on any atom is -0.394 e. The number of hydrogen-bond acceptors (Lipinski definition) is 3. The van der Waals surface area contributed by atoms with Crippen LogP contribution in [0.15, 0.2) is 0 Å². The summed E-state index contributed by atoms with van der Waals surface area (Å²) in [7, 11) is 0. The SMILES string of the molecule is CCC(C)(O)C(C)OCCO. The Balaban J connectivity index is 3.71. The van der Waals surface area contributed by atoms with Crippen molar-refractivity contribution >= 4 is 0 Å². The van der Waals surface area contributed by atoms with Crippen LogP contribution in [0.4, 0.5) is 0 Å². The first-order valence-electron chi connectivity index (χ1n) is 3.99. The van der Waals surface area contributed by atoms with E-state index < -0.39 is 5.60 Å². The van der Waals surface area contributed by atoms with Gasteiger partial charge < -0.3 is 14.9 Å². The van der Waals surface area contributed by atoms with Crippen LogP contribution in [0.2, 0.25) is 0 Å². The highest BCUT2D eigenvalue weighted by Crippen LogP contribution is 2.16. The molecule has 0 aliphatic carbocycles. The number of aliphatic hydroxyl groups excluding tert-OH is 1. The Morgan fingerprint density at radius 1 is 1.55 bits per heavy atom. The molecular weight excluding hydrogens is 144 g/mol. The average molecular weight is 162 g/mol. The van der Waals surface area contributed by atoms with Crippen LogP contribution >= 0.6 is 0 Å². The van der Waals surface area contributed by atoms with Crippen LogP contribution in [0, 0.1) is 0 Å². The summed E-state index contributed by atoms with van der Waals surface area (Å²) < 4.78 is 5.15. The van der Waals surface area contributed by atoms with Crippen LogP contribution in [-0.4, -0.2) is 35.1 Å². The van der Waals surface area contributed by atoms with Gasteiger partial charge in [0.05, 0.1) is 24.9 Å². The first-order chi connectivity index (χ1) is 5.04. The highest BCUT2D eigenvalue weighted by atomic mass is 16.5. The van der Waals surface area contributed by atoms with Gasteiger partial charge in [-0.05, 0) is 20.3 Å². The van der Waals surface area contributed by atoms with Crippen LogP contribution in [0.1, 0.15) is 27.2 Å². The van der Waals surface area contributed by atoms with E-state index in [9.17, 15) is 5.11 Å². The third-order valence-corrected chi connectivity index (χ3v) is 2.05. The smallest absolute Gasteiger partial charge is 0.0874 e. The zero-order chi connectivity index (χ0) is 8.91. The van der Waals surface area contributed by atoms with E-state index >= 15 is 0 Å². The topological polar surface area (TPSA) is 49.7 Å². The van der Waals surface area contributed by atoms with Gasteiger partial charge >= 0.3 is 0 Å². The lowest BCUT2D eigenvalue weighted by Crippen LogP contribution is -2.38. The van der Waals surface area contributed by atoms with Gasteiger partial charge in [0.2, 0.25) is 0 Å². The summed E-state index contributed by atoms with van der Waals surface area (Å²) in [6.45, 7) is 5.73. The Bertz CT molecular complexity index is 102. The zero-order valence-corrected chi connectivity index (χ0v) is 7.50. The molecule has 2 N–H and O–H groups in total. The molecule has 0 aromatic carbocycles. The molecular formula is C8H18O3. The number of hydrogen-bond donors (Lipinski definition) is 2. The van der Waals surface area contributed by atoms with Gasteiger partial charge in [0.1, 0.15) is 0 Å². The minimum atomic E-state index is -0.783. The third-order valence-electron chi connectivity index (χ3n) is 2.05. The molecule has 0 aromatic rings. The molecule has 3 heteroatoms. The molecule has 0 fully saturated rings. The molecule has 68 valence electrons. The Kier molecular flexibility index (Phi) is 4.65. The van der Waals surface area contributed by atoms with E-state index in [0.29, 0.717) is 6.42 Å². The largest absolute Gasteiger partial charge is 0.394 e. The molecule has 3 nitrogen and oxygen atoms in total. The van der Waals surface area contributed by atoms with Crippen LogP contribution < -0.4 is 0 Å². The molecule has 0 saturated heterocycles. The normalized spacial score (nSPS) is 19.4. The van der Waals surface area contributed by atoms with E-state index in [0.717, 1.165) is 0 Å². The molecule has 0 saturated carbocycles. The Morgan fingerprint density at radius 3 is 2.45 bits per heavy atom. The van der Waals surface area contributed by atoms with Gasteiger partial charge in [0, 0.05) is 0 Å². The summed E-state index contributed by atoms with van der Waals surface area (Å²) in [5.74, 6) is 0. The average Bonchev–Trinajstić information content (AvgIpc) is 2.00. The molecule has 0 spiro atoms. The highest BCUT2D eigenvalue weighted by molar-refractivity contribution is 4.77. The van der Waals surface area contributed by atoms with Gasteiger partial charge in [-0.2, -0.15) is 0 Å². The van der Waals surface area contributed by atoms with Gasteiger partial charge in [-0.25, -0.2) is 0 Å². The molecule has 0 radical (unpaired) electrons. The standard InChI is InChI=1S/C8H18O3/c1-4-8(3,10)7(2)11-6-5-9/h7,9-10H,4-6H2,1-3H3. The second kappa shape index (κ2) is 4.70. The summed E-state index contributed by atoms with van der Waals surface area (Å²) >= 11 is 0.